The van der Waals surface area contributed by atoms with E-state index in [9.17, 15) is 0 Å². The van der Waals surface area contributed by atoms with E-state index in [1.54, 1.807) is 7.05 Å². The standard InChI is InChI=1S/C17H22ClN5O.HI/c1-17(2)8-9-23(11-17)16(19-3)20-10-14-21-15(22-24-14)12-4-6-13(18)7-5-12;/h4-7H,8-11H2,1-3H3,(H,19,20);1H. The highest BCUT2D eigenvalue weighted by Crippen LogP contribution is 2.28. The maximum absolute atomic E-state index is 5.90. The van der Waals surface area contributed by atoms with Crippen LogP contribution in [0.2, 0.25) is 5.02 Å². The predicted octanol–water partition coefficient (Wildman–Crippen LogP) is 3.82. The number of aromatic nitrogens is 2. The quantitative estimate of drug-likeness (QED) is 0.415. The molecule has 0 bridgehead atoms. The van der Waals surface area contributed by atoms with E-state index >= 15 is 0 Å². The molecule has 2 aromatic rings. The van der Waals surface area contributed by atoms with Gasteiger partial charge in [0.1, 0.15) is 0 Å². The van der Waals surface area contributed by atoms with Crippen LogP contribution in [0.5, 0.6) is 0 Å². The molecule has 1 aliphatic heterocycles. The molecular formula is C17H23ClIN5O. The predicted molar refractivity (Wildman–Crippen MR) is 110 cm³/mol. The van der Waals surface area contributed by atoms with Crippen molar-refractivity contribution in [3.63, 3.8) is 0 Å². The molecule has 0 atom stereocenters. The topological polar surface area (TPSA) is 66.5 Å². The van der Waals surface area contributed by atoms with E-state index in [1.165, 1.54) is 0 Å². The van der Waals surface area contributed by atoms with Gasteiger partial charge in [0, 0.05) is 30.7 Å². The molecule has 0 saturated carbocycles. The summed E-state index contributed by atoms with van der Waals surface area (Å²) >= 11 is 5.90. The molecule has 2 heterocycles. The molecule has 0 radical (unpaired) electrons. The number of hydrogen-bond acceptors (Lipinski definition) is 4. The number of halogens is 2. The maximum Gasteiger partial charge on any atom is 0.246 e. The van der Waals surface area contributed by atoms with Crippen LogP contribution >= 0.6 is 35.6 Å². The highest BCUT2D eigenvalue weighted by molar-refractivity contribution is 14.0. The van der Waals surface area contributed by atoms with Gasteiger partial charge in [-0.05, 0) is 36.1 Å². The summed E-state index contributed by atoms with van der Waals surface area (Å²) in [4.78, 5) is 11.0. The summed E-state index contributed by atoms with van der Waals surface area (Å²) < 4.78 is 5.32. The van der Waals surface area contributed by atoms with E-state index < -0.39 is 0 Å². The first-order valence-corrected chi connectivity index (χ1v) is 8.39. The third-order valence-electron chi connectivity index (χ3n) is 4.16. The Kier molecular flexibility index (Phi) is 6.67. The van der Waals surface area contributed by atoms with Gasteiger partial charge in [-0.15, -0.1) is 24.0 Å². The minimum Gasteiger partial charge on any atom is -0.347 e. The molecule has 1 saturated heterocycles. The summed E-state index contributed by atoms with van der Waals surface area (Å²) in [5.74, 6) is 1.95. The Morgan fingerprint density at radius 1 is 1.36 bits per heavy atom. The second kappa shape index (κ2) is 8.35. The molecule has 1 aromatic heterocycles. The number of aliphatic imine (C=N–C) groups is 1. The molecule has 1 aliphatic rings. The summed E-state index contributed by atoms with van der Waals surface area (Å²) in [6.07, 6.45) is 1.16. The molecule has 0 aliphatic carbocycles. The molecule has 0 spiro atoms. The first kappa shape index (κ1) is 20.0. The first-order chi connectivity index (χ1) is 11.5. The number of nitrogens with zero attached hydrogens (tertiary/aromatic N) is 4. The van der Waals surface area contributed by atoms with Crippen LogP contribution in [-0.2, 0) is 6.54 Å². The molecule has 6 nitrogen and oxygen atoms in total. The van der Waals surface area contributed by atoms with Crippen molar-refractivity contribution in [1.29, 1.82) is 0 Å². The van der Waals surface area contributed by atoms with Crippen LogP contribution in [0.4, 0.5) is 0 Å². The van der Waals surface area contributed by atoms with Crippen molar-refractivity contribution < 1.29 is 4.52 Å². The largest absolute Gasteiger partial charge is 0.347 e. The molecule has 0 amide bonds. The van der Waals surface area contributed by atoms with Crippen LogP contribution in [0.15, 0.2) is 33.8 Å². The number of rotatable bonds is 3. The molecule has 1 aromatic carbocycles. The Morgan fingerprint density at radius 2 is 2.08 bits per heavy atom. The van der Waals surface area contributed by atoms with Gasteiger partial charge in [-0.3, -0.25) is 4.99 Å². The normalized spacial score (nSPS) is 16.6. The zero-order chi connectivity index (χ0) is 17.2. The van der Waals surface area contributed by atoms with Gasteiger partial charge in [0.2, 0.25) is 11.7 Å². The number of guanidine groups is 1. The van der Waals surface area contributed by atoms with Crippen molar-refractivity contribution >= 4 is 41.5 Å². The minimum absolute atomic E-state index is 0. The Morgan fingerprint density at radius 3 is 2.68 bits per heavy atom. The zero-order valence-corrected chi connectivity index (χ0v) is 17.7. The second-order valence-electron chi connectivity index (χ2n) is 6.76. The molecule has 25 heavy (non-hydrogen) atoms. The van der Waals surface area contributed by atoms with Gasteiger partial charge in [0.05, 0.1) is 6.54 Å². The molecule has 3 rings (SSSR count). The summed E-state index contributed by atoms with van der Waals surface area (Å²) in [5.41, 5.74) is 1.20. The van der Waals surface area contributed by atoms with E-state index in [4.69, 9.17) is 16.1 Å². The average molecular weight is 476 g/mol. The monoisotopic (exact) mass is 475 g/mol. The van der Waals surface area contributed by atoms with Crippen LogP contribution in [0.1, 0.15) is 26.2 Å². The van der Waals surface area contributed by atoms with Gasteiger partial charge in [-0.25, -0.2) is 0 Å². The van der Waals surface area contributed by atoms with Crippen LogP contribution in [-0.4, -0.2) is 41.1 Å². The number of benzene rings is 1. The van der Waals surface area contributed by atoms with Crippen LogP contribution in [0.3, 0.4) is 0 Å². The average Bonchev–Trinajstić information content (AvgIpc) is 3.15. The molecule has 8 heteroatoms. The molecule has 136 valence electrons. The van der Waals surface area contributed by atoms with E-state index in [0.717, 1.165) is 31.0 Å². The summed E-state index contributed by atoms with van der Waals surface area (Å²) in [5, 5.41) is 8.00. The highest BCUT2D eigenvalue weighted by Gasteiger charge is 2.30. The van der Waals surface area contributed by atoms with E-state index in [0.29, 0.717) is 28.7 Å². The van der Waals surface area contributed by atoms with Crippen LogP contribution in [0.25, 0.3) is 11.4 Å². The van der Waals surface area contributed by atoms with Gasteiger partial charge >= 0.3 is 0 Å². The van der Waals surface area contributed by atoms with E-state index in [2.05, 4.69) is 39.2 Å². The summed E-state index contributed by atoms with van der Waals surface area (Å²) in [6.45, 7) is 7.00. The molecule has 0 unspecified atom stereocenters. The van der Waals surface area contributed by atoms with Crippen molar-refractivity contribution in [2.45, 2.75) is 26.8 Å². The van der Waals surface area contributed by atoms with Crippen molar-refractivity contribution in [3.8, 4) is 11.4 Å². The highest BCUT2D eigenvalue weighted by atomic mass is 127. The lowest BCUT2D eigenvalue weighted by atomic mass is 9.93. The fraction of sp³-hybridized carbons (Fsp3) is 0.471. The van der Waals surface area contributed by atoms with Crippen molar-refractivity contribution in [2.75, 3.05) is 20.1 Å². The first-order valence-electron chi connectivity index (χ1n) is 8.01. The van der Waals surface area contributed by atoms with Gasteiger partial charge in [0.25, 0.3) is 0 Å². The number of nitrogens with one attached hydrogen (secondary N) is 1. The van der Waals surface area contributed by atoms with Crippen molar-refractivity contribution in [3.05, 3.63) is 35.2 Å². The number of likely N-dealkylation sites (tertiary alicyclic amines) is 1. The van der Waals surface area contributed by atoms with Crippen LogP contribution < -0.4 is 5.32 Å². The summed E-state index contributed by atoms with van der Waals surface area (Å²) in [7, 11) is 1.79. The molecular weight excluding hydrogens is 453 g/mol. The van der Waals surface area contributed by atoms with E-state index in [-0.39, 0.29) is 24.0 Å². The molecule has 1 N–H and O–H groups in total. The fourth-order valence-electron chi connectivity index (χ4n) is 2.82. The maximum atomic E-state index is 5.90. The van der Waals surface area contributed by atoms with Gasteiger partial charge < -0.3 is 14.7 Å². The Balaban J connectivity index is 0.00000225. The van der Waals surface area contributed by atoms with Crippen molar-refractivity contribution in [2.24, 2.45) is 10.4 Å². The lowest BCUT2D eigenvalue weighted by Crippen LogP contribution is -2.40. The third kappa shape index (κ3) is 5.07. The van der Waals surface area contributed by atoms with Gasteiger partial charge in [-0.1, -0.05) is 30.6 Å². The van der Waals surface area contributed by atoms with Crippen LogP contribution in [0, 0.1) is 5.41 Å². The summed E-state index contributed by atoms with van der Waals surface area (Å²) in [6, 6.07) is 7.36. The van der Waals surface area contributed by atoms with Gasteiger partial charge in [0.15, 0.2) is 5.96 Å². The minimum atomic E-state index is 0. The van der Waals surface area contributed by atoms with Gasteiger partial charge in [-0.2, -0.15) is 4.98 Å². The molecule has 1 fully saturated rings. The Hall–Kier alpha value is -1.35. The lowest BCUT2D eigenvalue weighted by Gasteiger charge is -2.23. The Bertz CT molecular complexity index is 729. The fourth-order valence-corrected chi connectivity index (χ4v) is 2.95. The SMILES string of the molecule is CN=C(NCc1nc(-c2ccc(Cl)cc2)no1)N1CCC(C)(C)C1.I. The second-order valence-corrected chi connectivity index (χ2v) is 7.19. The smallest absolute Gasteiger partial charge is 0.246 e. The zero-order valence-electron chi connectivity index (χ0n) is 14.6. The van der Waals surface area contributed by atoms with Crippen molar-refractivity contribution in [1.82, 2.24) is 20.4 Å². The Labute approximate surface area is 170 Å². The van der Waals surface area contributed by atoms with E-state index in [1.807, 2.05) is 24.3 Å². The number of hydrogen-bond donors (Lipinski definition) is 1. The lowest BCUT2D eigenvalue weighted by molar-refractivity contribution is 0.359. The third-order valence-corrected chi connectivity index (χ3v) is 4.41.